The number of halogens is 2. The van der Waals surface area contributed by atoms with Crippen LogP contribution < -0.4 is 15.4 Å². The zero-order valence-corrected chi connectivity index (χ0v) is 16.8. The number of hydrogen-bond acceptors (Lipinski definition) is 3. The lowest BCUT2D eigenvalue weighted by molar-refractivity contribution is -0.914. The van der Waals surface area contributed by atoms with E-state index in [0.717, 1.165) is 43.3 Å². The fraction of sp³-hybridized carbons (Fsp3) is 0.238. The Kier molecular flexibility index (Phi) is 5.67. The molecule has 1 fully saturated rings. The summed E-state index contributed by atoms with van der Waals surface area (Å²) in [6, 6.07) is 17.3. The summed E-state index contributed by atoms with van der Waals surface area (Å²) >= 11 is 12.7. The van der Waals surface area contributed by atoms with Gasteiger partial charge < -0.3 is 9.80 Å². The molecule has 2 aromatic carbocycles. The first kappa shape index (κ1) is 19.0. The third-order valence-corrected chi connectivity index (χ3v) is 5.83. The van der Waals surface area contributed by atoms with E-state index in [-0.39, 0.29) is 10.6 Å². The van der Waals surface area contributed by atoms with Crippen LogP contribution in [0.3, 0.4) is 0 Å². The van der Waals surface area contributed by atoms with Crippen LogP contribution in [0.25, 0.3) is 5.69 Å². The standard InChI is InChI=1S/C21H20Cl2N4O/c22-18-9-5-4-6-16(18)15-25-10-12-26(13-11-25)19-14-24-27(21(28)20(19)23)17-7-2-1-3-8-17/h1-9,14H,10-13,15H2/p+1. The molecule has 7 heteroatoms. The number of quaternary nitrogens is 1. The molecule has 1 aliphatic heterocycles. The number of nitrogens with zero attached hydrogens (tertiary/aromatic N) is 3. The molecule has 2 heterocycles. The lowest BCUT2D eigenvalue weighted by atomic mass is 10.2. The summed E-state index contributed by atoms with van der Waals surface area (Å²) in [4.78, 5) is 16.3. The molecule has 0 amide bonds. The van der Waals surface area contributed by atoms with Crippen LogP contribution in [0, 0.1) is 0 Å². The molecule has 5 nitrogen and oxygen atoms in total. The first-order valence-electron chi connectivity index (χ1n) is 9.28. The number of piperazine rings is 1. The maximum absolute atomic E-state index is 12.7. The Labute approximate surface area is 173 Å². The number of anilines is 1. The Morgan fingerprint density at radius 3 is 2.36 bits per heavy atom. The minimum Gasteiger partial charge on any atom is -0.358 e. The second-order valence-corrected chi connectivity index (χ2v) is 7.69. The van der Waals surface area contributed by atoms with Crippen LogP contribution in [0.4, 0.5) is 5.69 Å². The van der Waals surface area contributed by atoms with Crippen LogP contribution in [0.5, 0.6) is 0 Å². The third-order valence-electron chi connectivity index (χ3n) is 5.11. The molecular formula is C21H21Cl2N4O+. The first-order valence-corrected chi connectivity index (χ1v) is 10.0. The van der Waals surface area contributed by atoms with E-state index in [1.807, 2.05) is 48.5 Å². The highest BCUT2D eigenvalue weighted by atomic mass is 35.5. The Bertz CT molecular complexity index is 1010. The molecule has 0 saturated carbocycles. The fourth-order valence-corrected chi connectivity index (χ4v) is 4.00. The van der Waals surface area contributed by atoms with E-state index in [0.29, 0.717) is 11.4 Å². The second-order valence-electron chi connectivity index (χ2n) is 6.90. The average molecular weight is 416 g/mol. The predicted molar refractivity (Wildman–Crippen MR) is 113 cm³/mol. The van der Waals surface area contributed by atoms with Crippen LogP contribution in [-0.2, 0) is 6.54 Å². The summed E-state index contributed by atoms with van der Waals surface area (Å²) in [5, 5.41) is 5.37. The Balaban J connectivity index is 1.47. The van der Waals surface area contributed by atoms with E-state index in [4.69, 9.17) is 23.2 Å². The third kappa shape index (κ3) is 3.92. The van der Waals surface area contributed by atoms with Crippen molar-refractivity contribution in [3.63, 3.8) is 0 Å². The van der Waals surface area contributed by atoms with Crippen molar-refractivity contribution >= 4 is 28.9 Å². The molecule has 0 unspecified atom stereocenters. The van der Waals surface area contributed by atoms with Crippen molar-refractivity contribution in [2.24, 2.45) is 0 Å². The smallest absolute Gasteiger partial charge is 0.292 e. The van der Waals surface area contributed by atoms with Gasteiger partial charge in [0.1, 0.15) is 11.6 Å². The molecule has 3 aromatic rings. The molecule has 1 aliphatic rings. The average Bonchev–Trinajstić information content (AvgIpc) is 2.73. The normalized spacial score (nSPS) is 15.0. The topological polar surface area (TPSA) is 42.6 Å². The molecule has 144 valence electrons. The molecule has 0 bridgehead atoms. The molecule has 1 N–H and O–H groups in total. The van der Waals surface area contributed by atoms with Crippen molar-refractivity contribution in [1.29, 1.82) is 0 Å². The lowest BCUT2D eigenvalue weighted by Gasteiger charge is -2.34. The SMILES string of the molecule is O=c1c(Cl)c(N2CC[NH+](Cc3ccccc3Cl)CC2)cnn1-c1ccccc1. The van der Waals surface area contributed by atoms with E-state index >= 15 is 0 Å². The zero-order valence-electron chi connectivity index (χ0n) is 15.3. The molecule has 1 saturated heterocycles. The maximum Gasteiger partial charge on any atom is 0.292 e. The number of nitrogens with one attached hydrogen (secondary N) is 1. The molecule has 0 atom stereocenters. The molecule has 4 rings (SSSR count). The van der Waals surface area contributed by atoms with Crippen LogP contribution in [-0.4, -0.2) is 36.0 Å². The molecule has 0 aliphatic carbocycles. The van der Waals surface area contributed by atoms with E-state index in [2.05, 4.69) is 16.1 Å². The molecular weight excluding hydrogens is 395 g/mol. The monoisotopic (exact) mass is 415 g/mol. The van der Waals surface area contributed by atoms with Crippen LogP contribution in [0.2, 0.25) is 10.0 Å². The van der Waals surface area contributed by atoms with Gasteiger partial charge >= 0.3 is 0 Å². The van der Waals surface area contributed by atoms with E-state index in [1.54, 1.807) is 6.20 Å². The summed E-state index contributed by atoms with van der Waals surface area (Å²) in [5.41, 5.74) is 2.28. The van der Waals surface area contributed by atoms with Crippen LogP contribution in [0.15, 0.2) is 65.6 Å². The van der Waals surface area contributed by atoms with Crippen LogP contribution in [0.1, 0.15) is 5.56 Å². The Morgan fingerprint density at radius 2 is 1.64 bits per heavy atom. The van der Waals surface area contributed by atoms with Crippen molar-refractivity contribution in [2.45, 2.75) is 6.54 Å². The van der Waals surface area contributed by atoms with Crippen molar-refractivity contribution < 1.29 is 4.90 Å². The summed E-state index contributed by atoms with van der Waals surface area (Å²) in [6.07, 6.45) is 1.69. The van der Waals surface area contributed by atoms with E-state index < -0.39 is 0 Å². The van der Waals surface area contributed by atoms with Gasteiger partial charge in [0.05, 0.1) is 43.8 Å². The summed E-state index contributed by atoms with van der Waals surface area (Å²) < 4.78 is 1.34. The predicted octanol–water partition coefficient (Wildman–Crippen LogP) is 2.44. The van der Waals surface area contributed by atoms with Gasteiger partial charge in [-0.15, -0.1) is 0 Å². The van der Waals surface area contributed by atoms with Gasteiger partial charge in [-0.2, -0.15) is 9.78 Å². The zero-order chi connectivity index (χ0) is 19.5. The van der Waals surface area contributed by atoms with Gasteiger partial charge in [-0.3, -0.25) is 4.79 Å². The van der Waals surface area contributed by atoms with Gasteiger partial charge in [-0.05, 0) is 18.2 Å². The number of rotatable bonds is 4. The number of hydrogen-bond donors (Lipinski definition) is 1. The number of aromatic nitrogens is 2. The van der Waals surface area contributed by atoms with Crippen molar-refractivity contribution in [3.8, 4) is 5.69 Å². The summed E-state index contributed by atoms with van der Waals surface area (Å²) in [6.45, 7) is 4.42. The lowest BCUT2D eigenvalue weighted by Crippen LogP contribution is -3.13. The maximum atomic E-state index is 12.7. The van der Waals surface area contributed by atoms with Gasteiger partial charge in [0.2, 0.25) is 0 Å². The Morgan fingerprint density at radius 1 is 0.964 bits per heavy atom. The first-order chi connectivity index (χ1) is 13.6. The molecule has 0 spiro atoms. The van der Waals surface area contributed by atoms with E-state index in [1.165, 1.54) is 9.58 Å². The minimum atomic E-state index is -0.295. The van der Waals surface area contributed by atoms with Crippen molar-refractivity contribution in [1.82, 2.24) is 9.78 Å². The van der Waals surface area contributed by atoms with Gasteiger partial charge in [-0.1, -0.05) is 59.6 Å². The van der Waals surface area contributed by atoms with Gasteiger partial charge in [-0.25, -0.2) is 0 Å². The quantitative estimate of drug-likeness (QED) is 0.711. The molecule has 1 aromatic heterocycles. The number of benzene rings is 2. The number of para-hydroxylation sites is 1. The fourth-order valence-electron chi connectivity index (χ4n) is 3.55. The molecule has 28 heavy (non-hydrogen) atoms. The van der Waals surface area contributed by atoms with Gasteiger partial charge in [0.25, 0.3) is 5.56 Å². The largest absolute Gasteiger partial charge is 0.358 e. The highest BCUT2D eigenvalue weighted by Crippen LogP contribution is 2.21. The Hall–Kier alpha value is -2.34. The highest BCUT2D eigenvalue weighted by Gasteiger charge is 2.24. The van der Waals surface area contributed by atoms with E-state index in [9.17, 15) is 4.79 Å². The minimum absolute atomic E-state index is 0.216. The van der Waals surface area contributed by atoms with Crippen molar-refractivity contribution in [2.75, 3.05) is 31.1 Å². The van der Waals surface area contributed by atoms with Crippen LogP contribution >= 0.6 is 23.2 Å². The summed E-state index contributed by atoms with van der Waals surface area (Å²) in [7, 11) is 0. The highest BCUT2D eigenvalue weighted by molar-refractivity contribution is 6.33. The van der Waals surface area contributed by atoms with Crippen molar-refractivity contribution in [3.05, 3.63) is 86.8 Å². The van der Waals surface area contributed by atoms with Gasteiger partial charge in [0, 0.05) is 10.6 Å². The van der Waals surface area contributed by atoms with Gasteiger partial charge in [0.15, 0.2) is 0 Å². The summed E-state index contributed by atoms with van der Waals surface area (Å²) in [5.74, 6) is 0. The second kappa shape index (κ2) is 8.35. The molecule has 0 radical (unpaired) electrons.